The quantitative estimate of drug-likeness (QED) is 0.234. The molecule has 1 aromatic heterocycles. The Labute approximate surface area is 213 Å². The summed E-state index contributed by atoms with van der Waals surface area (Å²) in [5.41, 5.74) is 7.08. The molecule has 0 radical (unpaired) electrons. The van der Waals surface area contributed by atoms with E-state index in [-0.39, 0.29) is 13.6 Å². The van der Waals surface area contributed by atoms with Crippen molar-refractivity contribution in [2.75, 3.05) is 69.1 Å². The SMILES string of the molecule is NCCOCCOCCNc1nc(NCc2cccc3c2OCO3)nc(Nc2ccc3c(c2)OCO3)n1. The Morgan fingerprint density at radius 1 is 0.757 bits per heavy atom. The molecule has 0 atom stereocenters. The molecule has 0 bridgehead atoms. The number of nitrogens with zero attached hydrogens (tertiary/aromatic N) is 3. The van der Waals surface area contributed by atoms with E-state index in [0.717, 1.165) is 17.0 Å². The molecule has 0 unspecified atom stereocenters. The van der Waals surface area contributed by atoms with Crippen LogP contribution in [0.25, 0.3) is 0 Å². The first-order valence-corrected chi connectivity index (χ1v) is 11.9. The summed E-state index contributed by atoms with van der Waals surface area (Å²) in [5, 5.41) is 9.63. The molecule has 5 N–H and O–H groups in total. The number of hydrogen-bond acceptors (Lipinski definition) is 13. The van der Waals surface area contributed by atoms with Gasteiger partial charge in [-0.05, 0) is 18.2 Å². The first-order valence-electron chi connectivity index (χ1n) is 11.9. The van der Waals surface area contributed by atoms with E-state index in [1.807, 2.05) is 36.4 Å². The average Bonchev–Trinajstić information content (AvgIpc) is 3.58. The van der Waals surface area contributed by atoms with Crippen LogP contribution in [-0.2, 0) is 16.0 Å². The number of nitrogens with one attached hydrogen (secondary N) is 3. The zero-order valence-electron chi connectivity index (χ0n) is 20.2. The zero-order valence-corrected chi connectivity index (χ0v) is 20.2. The van der Waals surface area contributed by atoms with E-state index < -0.39 is 0 Å². The third kappa shape index (κ3) is 6.58. The molecule has 5 rings (SSSR count). The minimum atomic E-state index is 0.200. The smallest absolute Gasteiger partial charge is 0.233 e. The van der Waals surface area contributed by atoms with Crippen molar-refractivity contribution in [1.29, 1.82) is 0 Å². The van der Waals surface area contributed by atoms with Gasteiger partial charge >= 0.3 is 0 Å². The van der Waals surface area contributed by atoms with Crippen LogP contribution in [0.3, 0.4) is 0 Å². The molecule has 13 nitrogen and oxygen atoms in total. The molecule has 37 heavy (non-hydrogen) atoms. The number of fused-ring (bicyclic) bond motifs is 2. The highest BCUT2D eigenvalue weighted by atomic mass is 16.7. The maximum atomic E-state index is 5.60. The summed E-state index contributed by atoms with van der Waals surface area (Å²) in [6, 6.07) is 11.3. The Bertz CT molecular complexity index is 1200. The first-order chi connectivity index (χ1) is 18.3. The minimum absolute atomic E-state index is 0.200. The molecule has 2 aromatic carbocycles. The summed E-state index contributed by atoms with van der Waals surface area (Å²) in [6.45, 7) is 3.79. The van der Waals surface area contributed by atoms with E-state index in [9.17, 15) is 0 Å². The molecule has 196 valence electrons. The molecule has 0 amide bonds. The van der Waals surface area contributed by atoms with Gasteiger partial charge in [0.15, 0.2) is 23.0 Å². The lowest BCUT2D eigenvalue weighted by Gasteiger charge is -2.12. The van der Waals surface area contributed by atoms with Gasteiger partial charge in [-0.1, -0.05) is 12.1 Å². The van der Waals surface area contributed by atoms with Crippen LogP contribution in [0.2, 0.25) is 0 Å². The van der Waals surface area contributed by atoms with Crippen molar-refractivity contribution in [2.24, 2.45) is 5.73 Å². The molecular formula is C24H29N7O6. The summed E-state index contributed by atoms with van der Waals surface area (Å²) in [7, 11) is 0. The number of rotatable bonds is 14. The lowest BCUT2D eigenvalue weighted by molar-refractivity contribution is 0.0547. The molecule has 2 aliphatic rings. The second-order valence-corrected chi connectivity index (χ2v) is 7.94. The summed E-state index contributed by atoms with van der Waals surface area (Å²) < 4.78 is 32.8. The second-order valence-electron chi connectivity index (χ2n) is 7.94. The van der Waals surface area contributed by atoms with Crippen molar-refractivity contribution in [3.63, 3.8) is 0 Å². The van der Waals surface area contributed by atoms with E-state index in [1.165, 1.54) is 0 Å². The third-order valence-electron chi connectivity index (χ3n) is 5.34. The number of nitrogens with two attached hydrogens (primary N) is 1. The van der Waals surface area contributed by atoms with Crippen molar-refractivity contribution in [2.45, 2.75) is 6.54 Å². The standard InChI is InChI=1S/C24H29N7O6/c25-6-8-32-10-11-33-9-7-26-22-29-23(27-13-16-2-1-3-19-21(16)37-15-35-19)31-24(30-22)28-17-4-5-18-20(12-17)36-14-34-18/h1-5,12H,6-11,13-15,25H2,(H3,26,27,28,29,30,31). The topological polar surface area (TPSA) is 156 Å². The van der Waals surface area contributed by atoms with Crippen molar-refractivity contribution in [1.82, 2.24) is 15.0 Å². The molecule has 2 aliphatic heterocycles. The molecule has 3 heterocycles. The number of hydrogen-bond donors (Lipinski definition) is 4. The van der Waals surface area contributed by atoms with Gasteiger partial charge in [-0.15, -0.1) is 0 Å². The van der Waals surface area contributed by atoms with Crippen molar-refractivity contribution in [3.8, 4) is 23.0 Å². The van der Waals surface area contributed by atoms with Crippen LogP contribution in [-0.4, -0.2) is 68.1 Å². The molecule has 0 saturated carbocycles. The molecule has 0 aliphatic carbocycles. The van der Waals surface area contributed by atoms with Gasteiger partial charge in [0.25, 0.3) is 0 Å². The Balaban J connectivity index is 1.25. The van der Waals surface area contributed by atoms with E-state index >= 15 is 0 Å². The number of anilines is 4. The number of benzene rings is 2. The number of aromatic nitrogens is 3. The van der Waals surface area contributed by atoms with Crippen LogP contribution in [0.15, 0.2) is 36.4 Å². The Hall–Kier alpha value is -4.07. The summed E-state index contributed by atoms with van der Waals surface area (Å²) in [5.74, 6) is 3.91. The maximum Gasteiger partial charge on any atom is 0.233 e. The predicted octanol–water partition coefficient (Wildman–Crippen LogP) is 2.09. The van der Waals surface area contributed by atoms with Crippen LogP contribution in [0.1, 0.15) is 5.56 Å². The van der Waals surface area contributed by atoms with Crippen LogP contribution in [0.4, 0.5) is 23.5 Å². The van der Waals surface area contributed by atoms with Crippen LogP contribution in [0, 0.1) is 0 Å². The van der Waals surface area contributed by atoms with Gasteiger partial charge in [-0.3, -0.25) is 0 Å². The van der Waals surface area contributed by atoms with Gasteiger partial charge < -0.3 is 50.1 Å². The highest BCUT2D eigenvalue weighted by Crippen LogP contribution is 2.36. The van der Waals surface area contributed by atoms with Gasteiger partial charge in [-0.25, -0.2) is 0 Å². The fraction of sp³-hybridized carbons (Fsp3) is 0.375. The largest absolute Gasteiger partial charge is 0.454 e. The lowest BCUT2D eigenvalue weighted by atomic mass is 10.2. The Kier molecular flexibility index (Phi) is 8.15. The highest BCUT2D eigenvalue weighted by Gasteiger charge is 2.18. The summed E-state index contributed by atoms with van der Waals surface area (Å²) in [4.78, 5) is 13.5. The Morgan fingerprint density at radius 2 is 1.51 bits per heavy atom. The lowest BCUT2D eigenvalue weighted by Crippen LogP contribution is -2.17. The van der Waals surface area contributed by atoms with E-state index in [2.05, 4.69) is 30.9 Å². The third-order valence-corrected chi connectivity index (χ3v) is 5.34. The molecule has 13 heteroatoms. The zero-order chi connectivity index (χ0) is 25.3. The first kappa shape index (κ1) is 24.6. The fourth-order valence-electron chi connectivity index (χ4n) is 3.64. The average molecular weight is 512 g/mol. The number of para-hydroxylation sites is 1. The molecular weight excluding hydrogens is 482 g/mol. The van der Waals surface area contributed by atoms with Crippen molar-refractivity contribution < 1.29 is 28.4 Å². The Morgan fingerprint density at radius 3 is 2.41 bits per heavy atom. The summed E-state index contributed by atoms with van der Waals surface area (Å²) >= 11 is 0. The van der Waals surface area contributed by atoms with Gasteiger partial charge in [0, 0.05) is 37.0 Å². The second kappa shape index (κ2) is 12.3. The predicted molar refractivity (Wildman–Crippen MR) is 135 cm³/mol. The van der Waals surface area contributed by atoms with Crippen LogP contribution in [0.5, 0.6) is 23.0 Å². The van der Waals surface area contributed by atoms with E-state index in [4.69, 9.17) is 34.2 Å². The van der Waals surface area contributed by atoms with Gasteiger partial charge in [0.2, 0.25) is 31.4 Å². The molecule has 3 aromatic rings. The fourth-order valence-corrected chi connectivity index (χ4v) is 3.64. The molecule has 0 spiro atoms. The molecule has 0 saturated heterocycles. The van der Waals surface area contributed by atoms with Crippen LogP contribution >= 0.6 is 0 Å². The van der Waals surface area contributed by atoms with Crippen molar-refractivity contribution >= 4 is 23.5 Å². The van der Waals surface area contributed by atoms with Crippen molar-refractivity contribution in [3.05, 3.63) is 42.0 Å². The minimum Gasteiger partial charge on any atom is -0.454 e. The van der Waals surface area contributed by atoms with E-state index in [0.29, 0.717) is 81.2 Å². The highest BCUT2D eigenvalue weighted by molar-refractivity contribution is 5.61. The van der Waals surface area contributed by atoms with Gasteiger partial charge in [0.05, 0.1) is 26.4 Å². The number of ether oxygens (including phenoxy) is 6. The van der Waals surface area contributed by atoms with E-state index in [1.54, 1.807) is 0 Å². The molecule has 0 fully saturated rings. The summed E-state index contributed by atoms with van der Waals surface area (Å²) in [6.07, 6.45) is 0. The normalized spacial score (nSPS) is 13.0. The van der Waals surface area contributed by atoms with Crippen LogP contribution < -0.4 is 40.6 Å². The monoisotopic (exact) mass is 511 g/mol. The van der Waals surface area contributed by atoms with Gasteiger partial charge in [-0.2, -0.15) is 15.0 Å². The van der Waals surface area contributed by atoms with Gasteiger partial charge in [0.1, 0.15) is 0 Å². The maximum absolute atomic E-state index is 5.60.